The van der Waals surface area contributed by atoms with Crippen LogP contribution in [0.4, 0.5) is 0 Å². The number of allylic oxidation sites excluding steroid dienone is 1. The Balaban J connectivity index is 0.000000217. The lowest BCUT2D eigenvalue weighted by Gasteiger charge is -2.00. The summed E-state index contributed by atoms with van der Waals surface area (Å²) in [6, 6.07) is 0. The van der Waals surface area contributed by atoms with Crippen molar-refractivity contribution >= 4 is 10.1 Å². The van der Waals surface area contributed by atoms with Crippen molar-refractivity contribution in [3.8, 4) is 0 Å². The zero-order chi connectivity index (χ0) is 9.61. The second-order valence-corrected chi connectivity index (χ2v) is 3.54. The quantitative estimate of drug-likeness (QED) is 0.523. The number of hydrogen-bond acceptors (Lipinski definition) is 4. The average Bonchev–Trinajstić information content (AvgIpc) is 1.85. The fourth-order valence-corrected chi connectivity index (χ4v) is 0.395. The maximum atomic E-state index is 9.19. The van der Waals surface area contributed by atoms with E-state index in [-0.39, 0.29) is 0 Å². The molecule has 6 heteroatoms. The molecule has 1 aliphatic rings. The Morgan fingerprint density at radius 2 is 2.17 bits per heavy atom. The smallest absolute Gasteiger partial charge is 0.261 e. The third-order valence-corrected chi connectivity index (χ3v) is 0.772. The number of nitrogens with two attached hydrogens (primary N) is 1. The summed E-state index contributed by atoms with van der Waals surface area (Å²) in [6.07, 6.45) is 5.85. The van der Waals surface area contributed by atoms with Crippen molar-refractivity contribution in [2.75, 3.05) is 12.9 Å². The molecular weight excluding hydrogens is 182 g/mol. The van der Waals surface area contributed by atoms with Crippen molar-refractivity contribution in [1.82, 2.24) is 0 Å². The first-order chi connectivity index (χ1) is 5.39. The van der Waals surface area contributed by atoms with Crippen molar-refractivity contribution in [3.63, 3.8) is 0 Å². The Hall–Kier alpha value is -1.01. The lowest BCUT2D eigenvalue weighted by atomic mass is 10.4. The molecule has 1 heterocycles. The van der Waals surface area contributed by atoms with Gasteiger partial charge in [-0.3, -0.25) is 4.55 Å². The van der Waals surface area contributed by atoms with Crippen molar-refractivity contribution in [3.05, 3.63) is 24.1 Å². The first-order valence-corrected chi connectivity index (χ1v) is 4.90. The minimum Gasteiger partial charge on any atom is -0.497 e. The van der Waals surface area contributed by atoms with Crippen LogP contribution in [0.2, 0.25) is 0 Å². The molecule has 12 heavy (non-hydrogen) atoms. The highest BCUT2D eigenvalue weighted by Crippen LogP contribution is 1.94. The zero-order valence-electron chi connectivity index (χ0n) is 6.60. The standard InChI is InChI=1S/C5H7NO.CH4O3S/c6-5-1-3-7-4-2-5;1-5(2,3)4/h1-3H,4,6H2;1H3,(H,2,3,4). The molecule has 0 bridgehead atoms. The summed E-state index contributed by atoms with van der Waals surface area (Å²) in [6.45, 7) is 0.613. The van der Waals surface area contributed by atoms with Crippen molar-refractivity contribution in [2.24, 2.45) is 5.73 Å². The van der Waals surface area contributed by atoms with Gasteiger partial charge in [0.2, 0.25) is 0 Å². The fourth-order valence-electron chi connectivity index (χ4n) is 0.395. The van der Waals surface area contributed by atoms with E-state index < -0.39 is 10.1 Å². The normalized spacial score (nSPS) is 15.3. The molecule has 0 fully saturated rings. The first-order valence-electron chi connectivity index (χ1n) is 3.06. The van der Waals surface area contributed by atoms with Gasteiger partial charge in [0, 0.05) is 5.70 Å². The van der Waals surface area contributed by atoms with Gasteiger partial charge in [0.1, 0.15) is 6.61 Å². The molecule has 1 rings (SSSR count). The van der Waals surface area contributed by atoms with E-state index in [2.05, 4.69) is 0 Å². The molecular formula is C6H11NO4S. The molecule has 0 aliphatic carbocycles. The molecule has 0 aromatic carbocycles. The van der Waals surface area contributed by atoms with Gasteiger partial charge in [0.25, 0.3) is 10.1 Å². The van der Waals surface area contributed by atoms with E-state index in [9.17, 15) is 8.42 Å². The van der Waals surface area contributed by atoms with Gasteiger partial charge >= 0.3 is 0 Å². The molecule has 3 N–H and O–H groups in total. The van der Waals surface area contributed by atoms with Crippen LogP contribution in [0.5, 0.6) is 0 Å². The SMILES string of the molecule is CS(=O)(=O)O.NC1=CCOC=C1. The summed E-state index contributed by atoms with van der Waals surface area (Å²) < 4.78 is 30.7. The molecule has 5 nitrogen and oxygen atoms in total. The zero-order valence-corrected chi connectivity index (χ0v) is 7.41. The molecule has 0 atom stereocenters. The number of rotatable bonds is 0. The second-order valence-electron chi connectivity index (χ2n) is 2.07. The van der Waals surface area contributed by atoms with E-state index in [1.54, 1.807) is 12.3 Å². The van der Waals surface area contributed by atoms with Gasteiger partial charge in [0.05, 0.1) is 12.5 Å². The van der Waals surface area contributed by atoms with Crippen molar-refractivity contribution in [1.29, 1.82) is 0 Å². The molecule has 0 aromatic heterocycles. The highest BCUT2D eigenvalue weighted by Gasteiger charge is 1.86. The van der Waals surface area contributed by atoms with Crippen LogP contribution in [0.3, 0.4) is 0 Å². The molecule has 0 radical (unpaired) electrons. The average molecular weight is 193 g/mol. The monoisotopic (exact) mass is 193 g/mol. The minimum atomic E-state index is -3.67. The van der Waals surface area contributed by atoms with Crippen LogP contribution in [-0.4, -0.2) is 25.8 Å². The molecule has 0 saturated carbocycles. The summed E-state index contributed by atoms with van der Waals surface area (Å²) in [4.78, 5) is 0. The van der Waals surface area contributed by atoms with Crippen LogP contribution >= 0.6 is 0 Å². The van der Waals surface area contributed by atoms with Crippen LogP contribution in [-0.2, 0) is 14.9 Å². The van der Waals surface area contributed by atoms with Gasteiger partial charge < -0.3 is 10.5 Å². The maximum Gasteiger partial charge on any atom is 0.261 e. The predicted molar refractivity (Wildman–Crippen MR) is 44.8 cm³/mol. The summed E-state index contributed by atoms with van der Waals surface area (Å²) in [5, 5.41) is 0. The van der Waals surface area contributed by atoms with Gasteiger partial charge in [-0.1, -0.05) is 0 Å². The van der Waals surface area contributed by atoms with Crippen LogP contribution in [0.15, 0.2) is 24.1 Å². The van der Waals surface area contributed by atoms with Crippen LogP contribution in [0, 0.1) is 0 Å². The summed E-state index contributed by atoms with van der Waals surface area (Å²) in [5.41, 5.74) is 6.11. The number of hydrogen-bond donors (Lipinski definition) is 2. The summed E-state index contributed by atoms with van der Waals surface area (Å²) >= 11 is 0. The molecule has 1 aliphatic heterocycles. The predicted octanol–water partition coefficient (Wildman–Crippen LogP) is -0.123. The van der Waals surface area contributed by atoms with E-state index in [1.807, 2.05) is 6.08 Å². The largest absolute Gasteiger partial charge is 0.497 e. The number of ether oxygens (including phenoxy) is 1. The Labute approximate surface area is 71.3 Å². The Morgan fingerprint density at radius 3 is 2.33 bits per heavy atom. The van der Waals surface area contributed by atoms with Crippen LogP contribution in [0.1, 0.15) is 0 Å². The van der Waals surface area contributed by atoms with E-state index in [4.69, 9.17) is 15.0 Å². The van der Waals surface area contributed by atoms with E-state index in [0.29, 0.717) is 12.9 Å². The van der Waals surface area contributed by atoms with Crippen molar-refractivity contribution in [2.45, 2.75) is 0 Å². The molecule has 0 saturated heterocycles. The molecule has 0 aromatic rings. The fraction of sp³-hybridized carbons (Fsp3) is 0.333. The molecule has 0 unspecified atom stereocenters. The maximum absolute atomic E-state index is 9.19. The second kappa shape index (κ2) is 4.78. The molecule has 70 valence electrons. The van der Waals surface area contributed by atoms with E-state index in [0.717, 1.165) is 5.70 Å². The Morgan fingerprint density at radius 1 is 1.67 bits per heavy atom. The van der Waals surface area contributed by atoms with Gasteiger partial charge in [-0.15, -0.1) is 0 Å². The van der Waals surface area contributed by atoms with Gasteiger partial charge in [-0.05, 0) is 12.2 Å². The summed E-state index contributed by atoms with van der Waals surface area (Å²) in [5.74, 6) is 0. The topological polar surface area (TPSA) is 89.6 Å². The lowest BCUT2D eigenvalue weighted by Crippen LogP contribution is -1.99. The van der Waals surface area contributed by atoms with Gasteiger partial charge in [-0.2, -0.15) is 8.42 Å². The van der Waals surface area contributed by atoms with Gasteiger partial charge in [0.15, 0.2) is 0 Å². The van der Waals surface area contributed by atoms with E-state index >= 15 is 0 Å². The minimum absolute atomic E-state index is 0.613. The molecule has 0 amide bonds. The highest BCUT2D eigenvalue weighted by atomic mass is 32.2. The van der Waals surface area contributed by atoms with Crippen LogP contribution in [0.25, 0.3) is 0 Å². The third kappa shape index (κ3) is 11.7. The van der Waals surface area contributed by atoms with Crippen molar-refractivity contribution < 1.29 is 17.7 Å². The highest BCUT2D eigenvalue weighted by molar-refractivity contribution is 7.85. The first kappa shape index (κ1) is 11.0. The van der Waals surface area contributed by atoms with Crippen LogP contribution < -0.4 is 5.73 Å². The third-order valence-electron chi connectivity index (χ3n) is 0.772. The van der Waals surface area contributed by atoms with Gasteiger partial charge in [-0.25, -0.2) is 0 Å². The van der Waals surface area contributed by atoms with E-state index in [1.165, 1.54) is 0 Å². The lowest BCUT2D eigenvalue weighted by molar-refractivity contribution is 0.284. The molecule has 0 spiro atoms. The summed E-state index contributed by atoms with van der Waals surface area (Å²) in [7, 11) is -3.67. The Kier molecular flexibility index (Phi) is 4.38. The Bertz CT molecular complexity index is 270.